The lowest BCUT2D eigenvalue weighted by molar-refractivity contribution is -0.112. The number of carbonyl (C=O) groups excluding carboxylic acids is 1. The Morgan fingerprint density at radius 1 is 1.22 bits per heavy atom. The normalized spacial score (nSPS) is 10.6. The van der Waals surface area contributed by atoms with Crippen molar-refractivity contribution in [3.63, 3.8) is 0 Å². The number of hydrogen-bond acceptors (Lipinski definition) is 5. The van der Waals surface area contributed by atoms with Gasteiger partial charge in [-0.15, -0.1) is 0 Å². The predicted molar refractivity (Wildman–Crippen MR) is 104 cm³/mol. The van der Waals surface area contributed by atoms with Gasteiger partial charge < -0.3 is 19.9 Å². The Kier molecular flexibility index (Phi) is 7.03. The standard InChI is InChI=1S/C21H20N2O4/c1-3-11-27-19-10-5-15(13-20(19)26-4-2)12-16(14-22)21(25)23-17-6-8-18(24)9-7-17/h3,5-10,12-13,24H,1,4,11H2,2H3,(H,23,25)/b16-12-. The van der Waals surface area contributed by atoms with E-state index in [1.807, 2.05) is 13.0 Å². The van der Waals surface area contributed by atoms with Crippen molar-refractivity contribution < 1.29 is 19.4 Å². The Balaban J connectivity index is 2.23. The van der Waals surface area contributed by atoms with Crippen LogP contribution in [0, 0.1) is 11.3 Å². The Morgan fingerprint density at radius 2 is 1.96 bits per heavy atom. The highest BCUT2D eigenvalue weighted by atomic mass is 16.5. The van der Waals surface area contributed by atoms with Crippen LogP contribution in [0.25, 0.3) is 6.08 Å². The molecule has 138 valence electrons. The van der Waals surface area contributed by atoms with Crippen molar-refractivity contribution in [3.05, 3.63) is 66.3 Å². The molecule has 0 unspecified atom stereocenters. The maximum absolute atomic E-state index is 12.3. The van der Waals surface area contributed by atoms with Gasteiger partial charge in [0.2, 0.25) is 0 Å². The third-order valence-electron chi connectivity index (χ3n) is 3.43. The minimum atomic E-state index is -0.548. The smallest absolute Gasteiger partial charge is 0.266 e. The molecule has 2 aromatic carbocycles. The maximum atomic E-state index is 12.3. The van der Waals surface area contributed by atoms with Gasteiger partial charge in [-0.05, 0) is 55.0 Å². The number of carbonyl (C=O) groups is 1. The van der Waals surface area contributed by atoms with E-state index in [1.165, 1.54) is 18.2 Å². The zero-order valence-electron chi connectivity index (χ0n) is 14.9. The Hall–Kier alpha value is -3.72. The van der Waals surface area contributed by atoms with Gasteiger partial charge in [-0.2, -0.15) is 5.26 Å². The first-order chi connectivity index (χ1) is 13.1. The number of anilines is 1. The van der Waals surface area contributed by atoms with Crippen molar-refractivity contribution >= 4 is 17.7 Å². The van der Waals surface area contributed by atoms with Gasteiger partial charge >= 0.3 is 0 Å². The summed E-state index contributed by atoms with van der Waals surface area (Å²) in [5.41, 5.74) is 1.04. The SMILES string of the molecule is C=CCOc1ccc(/C=C(/C#N)C(=O)Nc2ccc(O)cc2)cc1OCC. The van der Waals surface area contributed by atoms with Crippen molar-refractivity contribution in [2.24, 2.45) is 0 Å². The van der Waals surface area contributed by atoms with Gasteiger partial charge in [0.25, 0.3) is 5.91 Å². The van der Waals surface area contributed by atoms with E-state index in [-0.39, 0.29) is 11.3 Å². The van der Waals surface area contributed by atoms with E-state index in [0.29, 0.717) is 36.0 Å². The molecule has 0 fully saturated rings. The summed E-state index contributed by atoms with van der Waals surface area (Å²) in [7, 11) is 0. The van der Waals surface area contributed by atoms with Crippen LogP contribution in [0.5, 0.6) is 17.2 Å². The lowest BCUT2D eigenvalue weighted by Gasteiger charge is -2.11. The molecule has 0 aliphatic rings. The monoisotopic (exact) mass is 364 g/mol. The van der Waals surface area contributed by atoms with E-state index in [0.717, 1.165) is 0 Å². The average molecular weight is 364 g/mol. The number of phenolic OH excluding ortho intramolecular Hbond substituents is 1. The van der Waals surface area contributed by atoms with E-state index >= 15 is 0 Å². The number of aromatic hydroxyl groups is 1. The van der Waals surface area contributed by atoms with Crippen LogP contribution < -0.4 is 14.8 Å². The fraction of sp³-hybridized carbons (Fsp3) is 0.143. The summed E-state index contributed by atoms with van der Waals surface area (Å²) in [6, 6.07) is 13.0. The molecular weight excluding hydrogens is 344 g/mol. The summed E-state index contributed by atoms with van der Waals surface area (Å²) < 4.78 is 11.1. The van der Waals surface area contributed by atoms with Crippen LogP contribution in [0.2, 0.25) is 0 Å². The molecule has 6 heteroatoms. The molecule has 0 spiro atoms. The molecule has 1 amide bonds. The van der Waals surface area contributed by atoms with Crippen LogP contribution in [0.15, 0.2) is 60.7 Å². The van der Waals surface area contributed by atoms with Crippen LogP contribution >= 0.6 is 0 Å². The van der Waals surface area contributed by atoms with Gasteiger partial charge in [0.15, 0.2) is 11.5 Å². The molecule has 6 nitrogen and oxygen atoms in total. The summed E-state index contributed by atoms with van der Waals surface area (Å²) in [6.45, 7) is 6.25. The van der Waals surface area contributed by atoms with Crippen molar-refractivity contribution in [1.29, 1.82) is 5.26 Å². The number of amides is 1. The Bertz CT molecular complexity index is 880. The molecule has 0 saturated carbocycles. The molecule has 2 rings (SSSR count). The first-order valence-electron chi connectivity index (χ1n) is 8.30. The molecular formula is C21H20N2O4. The van der Waals surface area contributed by atoms with Crippen LogP contribution in [-0.2, 0) is 4.79 Å². The number of nitrogens with one attached hydrogen (secondary N) is 1. The fourth-order valence-corrected chi connectivity index (χ4v) is 2.21. The van der Waals surface area contributed by atoms with Gasteiger partial charge in [-0.3, -0.25) is 4.79 Å². The number of ether oxygens (including phenoxy) is 2. The molecule has 2 aromatic rings. The molecule has 0 atom stereocenters. The summed E-state index contributed by atoms with van der Waals surface area (Å²) >= 11 is 0. The quantitative estimate of drug-likeness (QED) is 0.321. The van der Waals surface area contributed by atoms with Crippen molar-refractivity contribution in [2.45, 2.75) is 6.92 Å². The zero-order chi connectivity index (χ0) is 19.6. The number of hydrogen-bond donors (Lipinski definition) is 2. The van der Waals surface area contributed by atoms with E-state index in [4.69, 9.17) is 9.47 Å². The van der Waals surface area contributed by atoms with E-state index in [9.17, 15) is 15.2 Å². The number of phenols is 1. The fourth-order valence-electron chi connectivity index (χ4n) is 2.21. The lowest BCUT2D eigenvalue weighted by Crippen LogP contribution is -2.13. The van der Waals surface area contributed by atoms with Crippen LogP contribution in [-0.4, -0.2) is 24.2 Å². The Labute approximate surface area is 158 Å². The minimum Gasteiger partial charge on any atom is -0.508 e. The molecule has 2 N–H and O–H groups in total. The highest BCUT2D eigenvalue weighted by Gasteiger charge is 2.11. The summed E-state index contributed by atoms with van der Waals surface area (Å²) in [5, 5.41) is 21.2. The third-order valence-corrected chi connectivity index (χ3v) is 3.43. The molecule has 0 radical (unpaired) electrons. The van der Waals surface area contributed by atoms with Gasteiger partial charge in [0.05, 0.1) is 6.61 Å². The van der Waals surface area contributed by atoms with E-state index in [2.05, 4.69) is 11.9 Å². The van der Waals surface area contributed by atoms with E-state index in [1.54, 1.807) is 36.4 Å². The van der Waals surface area contributed by atoms with Crippen molar-refractivity contribution in [1.82, 2.24) is 0 Å². The number of rotatable bonds is 8. The zero-order valence-corrected chi connectivity index (χ0v) is 14.9. The molecule has 0 aliphatic heterocycles. The van der Waals surface area contributed by atoms with Crippen molar-refractivity contribution in [3.8, 4) is 23.3 Å². The molecule has 0 heterocycles. The summed E-state index contributed by atoms with van der Waals surface area (Å²) in [6.07, 6.45) is 3.10. The Morgan fingerprint density at radius 3 is 2.59 bits per heavy atom. The van der Waals surface area contributed by atoms with Crippen LogP contribution in [0.3, 0.4) is 0 Å². The van der Waals surface area contributed by atoms with Gasteiger partial charge in [-0.1, -0.05) is 18.7 Å². The van der Waals surface area contributed by atoms with E-state index < -0.39 is 5.91 Å². The highest BCUT2D eigenvalue weighted by Crippen LogP contribution is 2.29. The first-order valence-corrected chi connectivity index (χ1v) is 8.30. The third kappa shape index (κ3) is 5.65. The average Bonchev–Trinajstić information content (AvgIpc) is 2.67. The molecule has 27 heavy (non-hydrogen) atoms. The number of nitriles is 1. The minimum absolute atomic E-state index is 0.0646. The molecule has 0 aliphatic carbocycles. The van der Waals surface area contributed by atoms with Crippen molar-refractivity contribution in [2.75, 3.05) is 18.5 Å². The first kappa shape index (κ1) is 19.6. The molecule has 0 bridgehead atoms. The van der Waals surface area contributed by atoms with Crippen LogP contribution in [0.4, 0.5) is 5.69 Å². The predicted octanol–water partition coefficient (Wildman–Crippen LogP) is 3.90. The number of nitrogens with zero attached hydrogens (tertiary/aromatic N) is 1. The van der Waals surface area contributed by atoms with Gasteiger partial charge in [0, 0.05) is 5.69 Å². The highest BCUT2D eigenvalue weighted by molar-refractivity contribution is 6.09. The van der Waals surface area contributed by atoms with Gasteiger partial charge in [0.1, 0.15) is 24.0 Å². The second-order valence-electron chi connectivity index (χ2n) is 5.41. The summed E-state index contributed by atoms with van der Waals surface area (Å²) in [4.78, 5) is 12.3. The summed E-state index contributed by atoms with van der Waals surface area (Å²) in [5.74, 6) is 0.615. The number of benzene rings is 2. The second-order valence-corrected chi connectivity index (χ2v) is 5.41. The molecule has 0 saturated heterocycles. The largest absolute Gasteiger partial charge is 0.508 e. The van der Waals surface area contributed by atoms with Crippen LogP contribution in [0.1, 0.15) is 12.5 Å². The second kappa shape index (κ2) is 9.68. The maximum Gasteiger partial charge on any atom is 0.266 e. The van der Waals surface area contributed by atoms with Gasteiger partial charge in [-0.25, -0.2) is 0 Å². The molecule has 0 aromatic heterocycles. The topological polar surface area (TPSA) is 91.6 Å². The lowest BCUT2D eigenvalue weighted by atomic mass is 10.1.